The van der Waals surface area contributed by atoms with Crippen molar-refractivity contribution in [3.63, 3.8) is 0 Å². The van der Waals surface area contributed by atoms with E-state index < -0.39 is 6.04 Å². The minimum atomic E-state index is -0.391. The van der Waals surface area contributed by atoms with E-state index in [1.54, 1.807) is 0 Å². The molecular formula is C15H12Br2N2O. The highest BCUT2D eigenvalue weighted by molar-refractivity contribution is 9.10. The maximum absolute atomic E-state index is 11.6. The van der Waals surface area contributed by atoms with Gasteiger partial charge in [0.1, 0.15) is 6.04 Å². The largest absolute Gasteiger partial charge is 0.368 e. The van der Waals surface area contributed by atoms with Gasteiger partial charge >= 0.3 is 0 Å². The summed E-state index contributed by atoms with van der Waals surface area (Å²) in [4.78, 5) is 11.6. The van der Waals surface area contributed by atoms with Crippen LogP contribution in [0.3, 0.4) is 0 Å². The van der Waals surface area contributed by atoms with Gasteiger partial charge in [0, 0.05) is 30.8 Å². The fourth-order valence-electron chi connectivity index (χ4n) is 2.54. The molecule has 0 fully saturated rings. The predicted molar refractivity (Wildman–Crippen MR) is 88.7 cm³/mol. The van der Waals surface area contributed by atoms with Crippen LogP contribution in [0.5, 0.6) is 0 Å². The number of rotatable bonds is 2. The smallest absolute Gasteiger partial charge is 0.240 e. The Morgan fingerprint density at radius 2 is 1.50 bits per heavy atom. The van der Waals surface area contributed by atoms with Gasteiger partial charge in [0.15, 0.2) is 0 Å². The summed E-state index contributed by atoms with van der Waals surface area (Å²) in [5.41, 5.74) is 7.50. The third-order valence-corrected chi connectivity index (χ3v) is 4.51. The third-order valence-electron chi connectivity index (χ3n) is 3.53. The first-order valence-electron chi connectivity index (χ1n) is 6.17. The number of fused-ring (bicyclic) bond motifs is 3. The van der Waals surface area contributed by atoms with E-state index in [0.717, 1.165) is 30.8 Å². The van der Waals surface area contributed by atoms with Crippen molar-refractivity contribution in [3.05, 3.63) is 45.3 Å². The molecule has 0 saturated carbocycles. The highest BCUT2D eigenvalue weighted by Gasteiger charge is 2.18. The number of hydrogen-bond donors (Lipinski definition) is 1. The maximum atomic E-state index is 11.6. The van der Waals surface area contributed by atoms with E-state index in [9.17, 15) is 4.79 Å². The molecule has 1 heterocycles. The lowest BCUT2D eigenvalue weighted by Gasteiger charge is -2.13. The van der Waals surface area contributed by atoms with Crippen molar-refractivity contribution in [1.29, 1.82) is 0 Å². The standard InChI is InChI=1S/C15H12Br2N2O/c1-8(15(18)20)19-13-4-2-9(16)6-11(13)12-7-10(17)3-5-14(12)19/h2-8H,1H3,(H2,18,20). The molecule has 102 valence electrons. The van der Waals surface area contributed by atoms with E-state index in [4.69, 9.17) is 5.73 Å². The van der Waals surface area contributed by atoms with Crippen molar-refractivity contribution in [2.24, 2.45) is 5.73 Å². The molecule has 0 radical (unpaired) electrons. The van der Waals surface area contributed by atoms with Gasteiger partial charge in [-0.2, -0.15) is 0 Å². The van der Waals surface area contributed by atoms with Crippen molar-refractivity contribution in [2.45, 2.75) is 13.0 Å². The van der Waals surface area contributed by atoms with Gasteiger partial charge in [0.2, 0.25) is 5.91 Å². The van der Waals surface area contributed by atoms with Crippen molar-refractivity contribution in [1.82, 2.24) is 4.57 Å². The molecule has 1 amide bonds. The Morgan fingerprint density at radius 1 is 1.05 bits per heavy atom. The molecule has 2 N–H and O–H groups in total. The first-order valence-corrected chi connectivity index (χ1v) is 7.75. The number of aromatic nitrogens is 1. The maximum Gasteiger partial charge on any atom is 0.240 e. The molecule has 0 aliphatic carbocycles. The van der Waals surface area contributed by atoms with E-state index in [1.807, 2.05) is 35.8 Å². The van der Waals surface area contributed by atoms with Gasteiger partial charge in [-0.05, 0) is 43.3 Å². The summed E-state index contributed by atoms with van der Waals surface area (Å²) in [5, 5.41) is 2.20. The fraction of sp³-hybridized carbons (Fsp3) is 0.133. The normalized spacial score (nSPS) is 12.9. The van der Waals surface area contributed by atoms with Crippen LogP contribution in [0, 0.1) is 0 Å². The predicted octanol–water partition coefficient (Wildman–Crippen LogP) is 4.37. The number of benzene rings is 2. The number of halogens is 2. The SMILES string of the molecule is CC(C(N)=O)n1c2ccc(Br)cc2c2cc(Br)ccc21. The molecule has 2 aromatic carbocycles. The zero-order valence-corrected chi connectivity index (χ0v) is 13.9. The number of primary amides is 1. The highest BCUT2D eigenvalue weighted by Crippen LogP contribution is 2.34. The Morgan fingerprint density at radius 3 is 1.90 bits per heavy atom. The molecule has 3 rings (SSSR count). The van der Waals surface area contributed by atoms with Crippen LogP contribution < -0.4 is 5.73 Å². The van der Waals surface area contributed by atoms with Crippen LogP contribution in [-0.2, 0) is 4.79 Å². The Bertz CT molecular complexity index is 779. The molecule has 5 heteroatoms. The van der Waals surface area contributed by atoms with Crippen LogP contribution in [0.15, 0.2) is 45.3 Å². The highest BCUT2D eigenvalue weighted by atomic mass is 79.9. The van der Waals surface area contributed by atoms with E-state index in [2.05, 4.69) is 44.0 Å². The molecule has 3 nitrogen and oxygen atoms in total. The number of carbonyl (C=O) groups excluding carboxylic acids is 1. The van der Waals surface area contributed by atoms with Gasteiger partial charge < -0.3 is 10.3 Å². The third kappa shape index (κ3) is 2.05. The molecule has 0 bridgehead atoms. The van der Waals surface area contributed by atoms with E-state index >= 15 is 0 Å². The fourth-order valence-corrected chi connectivity index (χ4v) is 3.26. The zero-order chi connectivity index (χ0) is 14.4. The molecular weight excluding hydrogens is 384 g/mol. The molecule has 3 aromatic rings. The van der Waals surface area contributed by atoms with Gasteiger partial charge in [0.05, 0.1) is 0 Å². The second kappa shape index (κ2) is 4.90. The number of amides is 1. The first-order chi connectivity index (χ1) is 9.49. The number of nitrogens with zero attached hydrogens (tertiary/aromatic N) is 1. The van der Waals surface area contributed by atoms with Crippen LogP contribution in [0.4, 0.5) is 0 Å². The van der Waals surface area contributed by atoms with E-state index in [0.29, 0.717) is 0 Å². The summed E-state index contributed by atoms with van der Waals surface area (Å²) in [5.74, 6) is -0.338. The van der Waals surface area contributed by atoms with Gasteiger partial charge in [-0.3, -0.25) is 4.79 Å². The summed E-state index contributed by atoms with van der Waals surface area (Å²) in [6.07, 6.45) is 0. The average molecular weight is 396 g/mol. The second-order valence-corrected chi connectivity index (χ2v) is 6.60. The summed E-state index contributed by atoms with van der Waals surface area (Å²) >= 11 is 7.00. The Balaban J connectivity index is 2.50. The summed E-state index contributed by atoms with van der Waals surface area (Å²) in [6, 6.07) is 11.7. The van der Waals surface area contributed by atoms with Crippen LogP contribution in [0.2, 0.25) is 0 Å². The Kier molecular flexibility index (Phi) is 3.34. The molecule has 0 aliphatic heterocycles. The topological polar surface area (TPSA) is 48.0 Å². The zero-order valence-electron chi connectivity index (χ0n) is 10.7. The molecule has 0 aliphatic rings. The van der Waals surface area contributed by atoms with Crippen LogP contribution in [0.25, 0.3) is 21.8 Å². The number of carbonyl (C=O) groups is 1. The lowest BCUT2D eigenvalue weighted by Crippen LogP contribution is -2.23. The minimum absolute atomic E-state index is 0.338. The first kappa shape index (κ1) is 13.6. The summed E-state index contributed by atoms with van der Waals surface area (Å²) in [7, 11) is 0. The minimum Gasteiger partial charge on any atom is -0.368 e. The molecule has 1 unspecified atom stereocenters. The number of nitrogens with two attached hydrogens (primary N) is 1. The van der Waals surface area contributed by atoms with Crippen molar-refractivity contribution in [2.75, 3.05) is 0 Å². The van der Waals surface area contributed by atoms with Crippen LogP contribution in [0.1, 0.15) is 13.0 Å². The molecule has 0 spiro atoms. The summed E-state index contributed by atoms with van der Waals surface area (Å²) in [6.45, 7) is 1.82. The van der Waals surface area contributed by atoms with Crippen LogP contribution >= 0.6 is 31.9 Å². The molecule has 0 saturated heterocycles. The van der Waals surface area contributed by atoms with Crippen molar-refractivity contribution in [3.8, 4) is 0 Å². The molecule has 1 atom stereocenters. The lowest BCUT2D eigenvalue weighted by atomic mass is 10.2. The molecule has 1 aromatic heterocycles. The lowest BCUT2D eigenvalue weighted by molar-refractivity contribution is -0.120. The Hall–Kier alpha value is -1.33. The van der Waals surface area contributed by atoms with Crippen molar-refractivity contribution < 1.29 is 4.79 Å². The Labute approximate surface area is 133 Å². The van der Waals surface area contributed by atoms with Gasteiger partial charge in [-0.1, -0.05) is 31.9 Å². The number of hydrogen-bond acceptors (Lipinski definition) is 1. The average Bonchev–Trinajstić information content (AvgIpc) is 2.71. The van der Waals surface area contributed by atoms with Gasteiger partial charge in [-0.15, -0.1) is 0 Å². The second-order valence-electron chi connectivity index (χ2n) is 4.77. The molecule has 20 heavy (non-hydrogen) atoms. The van der Waals surface area contributed by atoms with E-state index in [-0.39, 0.29) is 5.91 Å². The summed E-state index contributed by atoms with van der Waals surface area (Å²) < 4.78 is 4.01. The van der Waals surface area contributed by atoms with Gasteiger partial charge in [-0.25, -0.2) is 0 Å². The van der Waals surface area contributed by atoms with Crippen molar-refractivity contribution >= 4 is 59.6 Å². The van der Waals surface area contributed by atoms with Crippen LogP contribution in [-0.4, -0.2) is 10.5 Å². The quantitative estimate of drug-likeness (QED) is 0.688. The monoisotopic (exact) mass is 394 g/mol. The van der Waals surface area contributed by atoms with Gasteiger partial charge in [0.25, 0.3) is 0 Å². The van der Waals surface area contributed by atoms with E-state index in [1.165, 1.54) is 0 Å².